The second kappa shape index (κ2) is 10.0. The average molecular weight is 345 g/mol. The fourth-order valence-electron chi connectivity index (χ4n) is 2.56. The van der Waals surface area contributed by atoms with Crippen LogP contribution in [-0.4, -0.2) is 25.7 Å². The first-order chi connectivity index (χ1) is 12.1. The van der Waals surface area contributed by atoms with Crippen molar-refractivity contribution >= 4 is 5.97 Å². The van der Waals surface area contributed by atoms with Gasteiger partial charge in [0.1, 0.15) is 0 Å². The molecule has 2 rings (SSSR count). The Morgan fingerprint density at radius 2 is 1.96 bits per heavy atom. The molecule has 1 aliphatic heterocycles. The van der Waals surface area contributed by atoms with Crippen LogP contribution in [0, 0.1) is 0 Å². The predicted octanol–water partition coefficient (Wildman–Crippen LogP) is 3.41. The summed E-state index contributed by atoms with van der Waals surface area (Å²) in [4.78, 5) is 11.7. The van der Waals surface area contributed by atoms with E-state index < -0.39 is 6.48 Å². The standard InChI is InChI=1S/C20H27NO4/c1-3-4-7-16-9-11-17(12-10-16)18-13-23-20(24-14-18)25-19(22)8-5-6-15(2)21/h3,6,9-12,18,20H,1,4-5,7-8,13-14,21H2,2H3/b15-6+. The SMILES string of the molecule is C=CCCc1ccc(C2COC(OC(=O)CC/C=C(\C)N)OC2)cc1. The summed E-state index contributed by atoms with van der Waals surface area (Å²) in [5.41, 5.74) is 8.66. The zero-order chi connectivity index (χ0) is 18.1. The third-order valence-corrected chi connectivity index (χ3v) is 4.00. The molecule has 1 aromatic carbocycles. The number of benzene rings is 1. The maximum Gasteiger partial charge on any atom is 0.318 e. The van der Waals surface area contributed by atoms with Crippen molar-refractivity contribution in [3.8, 4) is 0 Å². The highest BCUT2D eigenvalue weighted by atomic mass is 16.9. The van der Waals surface area contributed by atoms with Gasteiger partial charge in [-0.1, -0.05) is 36.4 Å². The molecule has 0 aliphatic carbocycles. The Morgan fingerprint density at radius 3 is 2.56 bits per heavy atom. The van der Waals surface area contributed by atoms with Crippen molar-refractivity contribution in [2.75, 3.05) is 13.2 Å². The molecule has 25 heavy (non-hydrogen) atoms. The van der Waals surface area contributed by atoms with Gasteiger partial charge < -0.3 is 19.9 Å². The first-order valence-corrected chi connectivity index (χ1v) is 8.63. The van der Waals surface area contributed by atoms with Crippen molar-refractivity contribution in [2.24, 2.45) is 5.73 Å². The summed E-state index contributed by atoms with van der Waals surface area (Å²) in [6, 6.07) is 8.45. The summed E-state index contributed by atoms with van der Waals surface area (Å²) >= 11 is 0. The van der Waals surface area contributed by atoms with E-state index in [0.717, 1.165) is 18.4 Å². The van der Waals surface area contributed by atoms with Crippen LogP contribution in [0.25, 0.3) is 0 Å². The fraction of sp³-hybridized carbons (Fsp3) is 0.450. The Kier molecular flexibility index (Phi) is 7.70. The Balaban J connectivity index is 1.74. The Labute approximate surface area is 149 Å². The van der Waals surface area contributed by atoms with Gasteiger partial charge in [0.05, 0.1) is 13.2 Å². The minimum atomic E-state index is -0.918. The molecule has 5 nitrogen and oxygen atoms in total. The third kappa shape index (κ3) is 6.72. The van der Waals surface area contributed by atoms with Crippen LogP contribution in [0.1, 0.15) is 43.2 Å². The molecule has 0 spiro atoms. The van der Waals surface area contributed by atoms with Crippen LogP contribution >= 0.6 is 0 Å². The van der Waals surface area contributed by atoms with Gasteiger partial charge in [0.2, 0.25) is 0 Å². The highest BCUT2D eigenvalue weighted by molar-refractivity contribution is 5.69. The molecule has 0 atom stereocenters. The Hall–Kier alpha value is -2.11. The van der Waals surface area contributed by atoms with Crippen molar-refractivity contribution in [1.82, 2.24) is 0 Å². The molecule has 0 aromatic heterocycles. The second-order valence-corrected chi connectivity index (χ2v) is 6.20. The van der Waals surface area contributed by atoms with E-state index in [1.54, 1.807) is 13.0 Å². The third-order valence-electron chi connectivity index (χ3n) is 4.00. The second-order valence-electron chi connectivity index (χ2n) is 6.20. The van der Waals surface area contributed by atoms with E-state index in [2.05, 4.69) is 30.8 Å². The fourth-order valence-corrected chi connectivity index (χ4v) is 2.56. The molecule has 5 heteroatoms. The van der Waals surface area contributed by atoms with Crippen molar-refractivity contribution in [2.45, 2.75) is 45.0 Å². The topological polar surface area (TPSA) is 70.8 Å². The zero-order valence-electron chi connectivity index (χ0n) is 14.8. The van der Waals surface area contributed by atoms with E-state index in [9.17, 15) is 4.79 Å². The molecule has 0 bridgehead atoms. The number of carbonyl (C=O) groups is 1. The molecule has 1 aliphatic rings. The van der Waals surface area contributed by atoms with E-state index in [1.807, 2.05) is 6.08 Å². The number of esters is 1. The van der Waals surface area contributed by atoms with Crippen molar-refractivity contribution in [3.05, 3.63) is 59.8 Å². The largest absolute Gasteiger partial charge is 0.410 e. The molecule has 1 heterocycles. The normalized spacial score (nSPS) is 20.9. The van der Waals surface area contributed by atoms with E-state index in [1.165, 1.54) is 5.56 Å². The summed E-state index contributed by atoms with van der Waals surface area (Å²) in [6.07, 6.45) is 6.49. The number of allylic oxidation sites excluding steroid dienone is 3. The van der Waals surface area contributed by atoms with Gasteiger partial charge in [-0.25, -0.2) is 0 Å². The van der Waals surface area contributed by atoms with Gasteiger partial charge in [-0.05, 0) is 37.3 Å². The van der Waals surface area contributed by atoms with Crippen LogP contribution in [0.5, 0.6) is 0 Å². The van der Waals surface area contributed by atoms with Gasteiger partial charge in [0.15, 0.2) is 0 Å². The summed E-state index contributed by atoms with van der Waals surface area (Å²) in [6.45, 7) is 5.53. The molecule has 1 fully saturated rings. The molecule has 1 saturated heterocycles. The molecule has 0 amide bonds. The van der Waals surface area contributed by atoms with Crippen molar-refractivity contribution in [3.63, 3.8) is 0 Å². The number of nitrogens with two attached hydrogens (primary N) is 1. The smallest absolute Gasteiger partial charge is 0.318 e. The lowest BCUT2D eigenvalue weighted by atomic mass is 9.98. The van der Waals surface area contributed by atoms with Crippen LogP contribution in [0.15, 0.2) is 48.7 Å². The maximum absolute atomic E-state index is 11.7. The van der Waals surface area contributed by atoms with Crippen LogP contribution in [0.2, 0.25) is 0 Å². The van der Waals surface area contributed by atoms with Crippen LogP contribution in [-0.2, 0) is 25.4 Å². The highest BCUT2D eigenvalue weighted by Gasteiger charge is 2.26. The number of carbonyl (C=O) groups excluding carboxylic acids is 1. The number of hydrogen-bond donors (Lipinski definition) is 1. The minimum Gasteiger partial charge on any atom is -0.410 e. The summed E-state index contributed by atoms with van der Waals surface area (Å²) in [7, 11) is 0. The van der Waals surface area contributed by atoms with Gasteiger partial charge in [-0.2, -0.15) is 0 Å². The zero-order valence-corrected chi connectivity index (χ0v) is 14.8. The number of aryl methyl sites for hydroxylation is 1. The Morgan fingerprint density at radius 1 is 1.28 bits per heavy atom. The van der Waals surface area contributed by atoms with E-state index in [0.29, 0.717) is 25.3 Å². The number of ether oxygens (including phenoxy) is 3. The first kappa shape index (κ1) is 19.2. The quantitative estimate of drug-likeness (QED) is 0.577. The Bertz CT molecular complexity index is 582. The molecule has 0 saturated carbocycles. The molecular formula is C20H27NO4. The van der Waals surface area contributed by atoms with E-state index in [-0.39, 0.29) is 18.3 Å². The average Bonchev–Trinajstić information content (AvgIpc) is 2.61. The number of rotatable bonds is 8. The van der Waals surface area contributed by atoms with Crippen molar-refractivity contribution in [1.29, 1.82) is 0 Å². The van der Waals surface area contributed by atoms with Gasteiger partial charge in [-0.3, -0.25) is 4.79 Å². The minimum absolute atomic E-state index is 0.145. The molecule has 0 radical (unpaired) electrons. The van der Waals surface area contributed by atoms with Gasteiger partial charge in [0, 0.05) is 18.0 Å². The van der Waals surface area contributed by atoms with E-state index in [4.69, 9.17) is 19.9 Å². The van der Waals surface area contributed by atoms with Gasteiger partial charge in [-0.15, -0.1) is 6.58 Å². The number of hydrogen-bond acceptors (Lipinski definition) is 5. The molecule has 2 N–H and O–H groups in total. The summed E-state index contributed by atoms with van der Waals surface area (Å²) < 4.78 is 16.2. The monoisotopic (exact) mass is 345 g/mol. The molecular weight excluding hydrogens is 318 g/mol. The maximum atomic E-state index is 11.7. The lowest BCUT2D eigenvalue weighted by molar-refractivity contribution is -0.301. The van der Waals surface area contributed by atoms with Gasteiger partial charge in [0.25, 0.3) is 0 Å². The lowest BCUT2D eigenvalue weighted by Gasteiger charge is -2.29. The van der Waals surface area contributed by atoms with E-state index >= 15 is 0 Å². The molecule has 0 unspecified atom stereocenters. The van der Waals surface area contributed by atoms with Crippen molar-refractivity contribution < 1.29 is 19.0 Å². The molecule has 136 valence electrons. The van der Waals surface area contributed by atoms with Gasteiger partial charge >= 0.3 is 12.4 Å². The van der Waals surface area contributed by atoms with Crippen LogP contribution in [0.4, 0.5) is 0 Å². The lowest BCUT2D eigenvalue weighted by Crippen LogP contribution is -2.34. The highest BCUT2D eigenvalue weighted by Crippen LogP contribution is 2.23. The summed E-state index contributed by atoms with van der Waals surface area (Å²) in [5.74, 6) is -0.209. The predicted molar refractivity (Wildman–Crippen MR) is 96.7 cm³/mol. The van der Waals surface area contributed by atoms with Crippen LogP contribution < -0.4 is 5.73 Å². The first-order valence-electron chi connectivity index (χ1n) is 8.63. The van der Waals surface area contributed by atoms with Crippen LogP contribution in [0.3, 0.4) is 0 Å². The molecule has 1 aromatic rings. The summed E-state index contributed by atoms with van der Waals surface area (Å²) in [5, 5.41) is 0.